The molecule has 1 unspecified atom stereocenters. The van der Waals surface area contributed by atoms with Crippen molar-refractivity contribution in [3.63, 3.8) is 0 Å². The number of fused-ring (bicyclic) bond motifs is 1. The molecule has 1 atom stereocenters. The predicted octanol–water partition coefficient (Wildman–Crippen LogP) is 4.48. The van der Waals surface area contributed by atoms with Crippen LogP contribution in [0.15, 0.2) is 58.5 Å². The zero-order valence-electron chi connectivity index (χ0n) is 18.3. The van der Waals surface area contributed by atoms with Crippen molar-refractivity contribution in [2.45, 2.75) is 42.4 Å². The number of amides is 1. The molecule has 6 nitrogen and oxygen atoms in total. The lowest BCUT2D eigenvalue weighted by molar-refractivity contribution is -0.115. The van der Waals surface area contributed by atoms with Crippen molar-refractivity contribution in [3.05, 3.63) is 59.7 Å². The van der Waals surface area contributed by atoms with E-state index in [1.54, 1.807) is 18.2 Å². The van der Waals surface area contributed by atoms with Gasteiger partial charge in [0.2, 0.25) is 15.9 Å². The smallest absolute Gasteiger partial charge is 0.242 e. The summed E-state index contributed by atoms with van der Waals surface area (Å²) in [6, 6.07) is 14.6. The molecule has 0 aliphatic carbocycles. The Morgan fingerprint density at radius 1 is 1.16 bits per heavy atom. The van der Waals surface area contributed by atoms with Crippen LogP contribution in [0.25, 0.3) is 10.9 Å². The second-order valence-electron chi connectivity index (χ2n) is 7.50. The molecule has 3 rings (SSSR count). The summed E-state index contributed by atoms with van der Waals surface area (Å²) < 4.78 is 26.0. The highest BCUT2D eigenvalue weighted by atomic mass is 32.2. The Bertz CT molecular complexity index is 1220. The second-order valence-corrected chi connectivity index (χ2v) is 11.0. The normalized spacial score (nSPS) is 12.8. The van der Waals surface area contributed by atoms with Gasteiger partial charge in [0.1, 0.15) is 0 Å². The minimum atomic E-state index is -3.51. The first-order valence-corrected chi connectivity index (χ1v) is 12.3. The number of carbonyl (C=O) groups excluding carboxylic acids is 1. The zero-order valence-corrected chi connectivity index (χ0v) is 20.0. The van der Waals surface area contributed by atoms with Crippen molar-refractivity contribution in [2.24, 2.45) is 0 Å². The highest BCUT2D eigenvalue weighted by Gasteiger charge is 2.20. The third-order valence-electron chi connectivity index (χ3n) is 5.06. The maximum absolute atomic E-state index is 12.7. The quantitative estimate of drug-likeness (QED) is 0.530. The third kappa shape index (κ3) is 5.08. The lowest BCUT2D eigenvalue weighted by Crippen LogP contribution is -2.23. The van der Waals surface area contributed by atoms with E-state index in [0.717, 1.165) is 33.6 Å². The summed E-state index contributed by atoms with van der Waals surface area (Å²) in [5, 5.41) is 4.17. The van der Waals surface area contributed by atoms with Crippen LogP contribution in [0.2, 0.25) is 0 Å². The molecule has 0 saturated heterocycles. The summed E-state index contributed by atoms with van der Waals surface area (Å²) in [6.07, 6.45) is 0.842. The maximum atomic E-state index is 12.7. The summed E-state index contributed by atoms with van der Waals surface area (Å²) in [5.74, 6) is -0.0853. The van der Waals surface area contributed by atoms with Crippen molar-refractivity contribution < 1.29 is 13.2 Å². The molecule has 0 spiro atoms. The highest BCUT2D eigenvalue weighted by molar-refractivity contribution is 8.00. The molecule has 1 aromatic heterocycles. The number of pyridine rings is 1. The predicted molar refractivity (Wildman–Crippen MR) is 127 cm³/mol. The van der Waals surface area contributed by atoms with Gasteiger partial charge in [-0.15, -0.1) is 0 Å². The van der Waals surface area contributed by atoms with Gasteiger partial charge in [-0.05, 0) is 61.7 Å². The third-order valence-corrected chi connectivity index (χ3v) is 7.89. The van der Waals surface area contributed by atoms with E-state index in [1.165, 1.54) is 30.2 Å². The van der Waals surface area contributed by atoms with Crippen LogP contribution < -0.4 is 5.32 Å². The number of aromatic nitrogens is 1. The SMILES string of the molecule is CCc1ccccc1NC(=O)C(C)Sc1cc(C)c2cc(S(=O)(=O)N(C)C)ccc2n1. The number of hydrogen-bond donors (Lipinski definition) is 1. The van der Waals surface area contributed by atoms with E-state index in [0.29, 0.717) is 5.52 Å². The molecule has 31 heavy (non-hydrogen) atoms. The number of para-hydroxylation sites is 1. The average molecular weight is 458 g/mol. The van der Waals surface area contributed by atoms with Crippen LogP contribution in [-0.4, -0.2) is 43.0 Å². The number of benzene rings is 2. The van der Waals surface area contributed by atoms with Crippen molar-refractivity contribution in [1.82, 2.24) is 9.29 Å². The molecule has 2 aromatic carbocycles. The number of hydrogen-bond acceptors (Lipinski definition) is 5. The van der Waals surface area contributed by atoms with E-state index in [1.807, 2.05) is 44.2 Å². The van der Waals surface area contributed by atoms with Gasteiger partial charge in [0.25, 0.3) is 0 Å². The van der Waals surface area contributed by atoms with E-state index < -0.39 is 10.0 Å². The maximum Gasteiger partial charge on any atom is 0.242 e. The molecule has 1 N–H and O–H groups in total. The van der Waals surface area contributed by atoms with Crippen LogP contribution >= 0.6 is 11.8 Å². The largest absolute Gasteiger partial charge is 0.325 e. The molecule has 3 aromatic rings. The molecule has 8 heteroatoms. The highest BCUT2D eigenvalue weighted by Crippen LogP contribution is 2.29. The average Bonchev–Trinajstić information content (AvgIpc) is 2.73. The van der Waals surface area contributed by atoms with Crippen molar-refractivity contribution in [2.75, 3.05) is 19.4 Å². The molecule has 0 fully saturated rings. The standard InChI is InChI=1S/C23H27N3O3S2/c1-6-17-9-7-8-10-20(17)25-23(27)16(3)30-22-13-15(2)19-14-18(11-12-21(19)24-22)31(28,29)26(4)5/h7-14,16H,6H2,1-5H3,(H,25,27). The Morgan fingerprint density at radius 2 is 1.87 bits per heavy atom. The number of carbonyl (C=O) groups is 1. The number of rotatable bonds is 7. The van der Waals surface area contributed by atoms with Crippen LogP contribution in [0.3, 0.4) is 0 Å². The molecule has 0 bridgehead atoms. The summed E-state index contributed by atoms with van der Waals surface area (Å²) in [5.41, 5.74) is 3.53. The number of thioether (sulfide) groups is 1. The fourth-order valence-corrected chi connectivity index (χ4v) is 5.05. The second kappa shape index (κ2) is 9.38. The van der Waals surface area contributed by atoms with Gasteiger partial charge >= 0.3 is 0 Å². The van der Waals surface area contributed by atoms with Gasteiger partial charge in [-0.1, -0.05) is 36.9 Å². The van der Waals surface area contributed by atoms with Crippen LogP contribution in [0, 0.1) is 6.92 Å². The first kappa shape index (κ1) is 23.2. The van der Waals surface area contributed by atoms with Crippen molar-refractivity contribution >= 4 is 44.3 Å². The van der Waals surface area contributed by atoms with Crippen molar-refractivity contribution in [1.29, 1.82) is 0 Å². The van der Waals surface area contributed by atoms with E-state index in [2.05, 4.69) is 17.2 Å². The van der Waals surface area contributed by atoms with E-state index >= 15 is 0 Å². The Morgan fingerprint density at radius 3 is 2.55 bits per heavy atom. The number of aryl methyl sites for hydroxylation is 2. The molecule has 164 valence electrons. The number of nitrogens with one attached hydrogen (secondary N) is 1. The molecule has 0 aliphatic rings. The summed E-state index contributed by atoms with van der Waals surface area (Å²) in [4.78, 5) is 17.6. The first-order valence-electron chi connectivity index (χ1n) is 10.0. The fraction of sp³-hybridized carbons (Fsp3) is 0.304. The van der Waals surface area contributed by atoms with Crippen LogP contribution in [-0.2, 0) is 21.2 Å². The number of anilines is 1. The zero-order chi connectivity index (χ0) is 22.8. The van der Waals surface area contributed by atoms with Gasteiger partial charge in [0, 0.05) is 25.2 Å². The van der Waals surface area contributed by atoms with E-state index in [-0.39, 0.29) is 16.1 Å². The minimum Gasteiger partial charge on any atom is -0.325 e. The molecule has 1 amide bonds. The Kier molecular flexibility index (Phi) is 7.03. The molecule has 0 saturated carbocycles. The van der Waals surface area contributed by atoms with Crippen LogP contribution in [0.4, 0.5) is 5.69 Å². The Labute approximate surface area is 188 Å². The summed E-state index contributed by atoms with van der Waals surface area (Å²) >= 11 is 1.38. The monoisotopic (exact) mass is 457 g/mol. The van der Waals surface area contributed by atoms with Gasteiger partial charge in [-0.3, -0.25) is 4.79 Å². The lowest BCUT2D eigenvalue weighted by Gasteiger charge is -2.15. The molecule has 0 aliphatic heterocycles. The molecular formula is C23H27N3O3S2. The first-order chi connectivity index (χ1) is 14.6. The van der Waals surface area contributed by atoms with E-state index in [9.17, 15) is 13.2 Å². The summed E-state index contributed by atoms with van der Waals surface area (Å²) in [6.45, 7) is 5.82. The Hall–Kier alpha value is -2.42. The van der Waals surface area contributed by atoms with Crippen LogP contribution in [0.1, 0.15) is 25.0 Å². The molecule has 0 radical (unpaired) electrons. The van der Waals surface area contributed by atoms with Gasteiger partial charge in [0.05, 0.1) is 20.7 Å². The van der Waals surface area contributed by atoms with Gasteiger partial charge in [-0.25, -0.2) is 17.7 Å². The van der Waals surface area contributed by atoms with Crippen molar-refractivity contribution in [3.8, 4) is 0 Å². The van der Waals surface area contributed by atoms with Crippen LogP contribution in [0.5, 0.6) is 0 Å². The minimum absolute atomic E-state index is 0.0853. The fourth-order valence-electron chi connectivity index (χ4n) is 3.19. The lowest BCUT2D eigenvalue weighted by atomic mass is 10.1. The molecular weight excluding hydrogens is 430 g/mol. The number of nitrogens with zero attached hydrogens (tertiary/aromatic N) is 2. The van der Waals surface area contributed by atoms with Gasteiger partial charge in [-0.2, -0.15) is 0 Å². The van der Waals surface area contributed by atoms with Gasteiger partial charge < -0.3 is 5.32 Å². The van der Waals surface area contributed by atoms with Gasteiger partial charge in [0.15, 0.2) is 0 Å². The molecule has 1 heterocycles. The topological polar surface area (TPSA) is 79.4 Å². The Balaban J connectivity index is 1.82. The number of sulfonamides is 1. The van der Waals surface area contributed by atoms with E-state index in [4.69, 9.17) is 0 Å². The summed E-state index contributed by atoms with van der Waals surface area (Å²) in [7, 11) is -0.494.